The largest absolute Gasteiger partial charge is 0.377 e. The summed E-state index contributed by atoms with van der Waals surface area (Å²) >= 11 is 0. The molecule has 5 nitrogen and oxygen atoms in total. The van der Waals surface area contributed by atoms with Crippen molar-refractivity contribution in [3.05, 3.63) is 65.2 Å². The predicted molar refractivity (Wildman–Crippen MR) is 101 cm³/mol. The molecule has 1 saturated heterocycles. The molecule has 2 aromatic rings. The summed E-state index contributed by atoms with van der Waals surface area (Å²) in [5.41, 5.74) is 3.33. The van der Waals surface area contributed by atoms with Crippen LogP contribution in [0.15, 0.2) is 48.5 Å². The second kappa shape index (κ2) is 8.15. The molecule has 1 fully saturated rings. The van der Waals surface area contributed by atoms with Gasteiger partial charge in [0.1, 0.15) is 0 Å². The van der Waals surface area contributed by atoms with Gasteiger partial charge in [-0.2, -0.15) is 0 Å². The first-order chi connectivity index (χ1) is 12.5. The molecule has 3 rings (SSSR count). The molecule has 2 aromatic carbocycles. The van der Waals surface area contributed by atoms with Crippen molar-refractivity contribution < 1.29 is 14.3 Å². The normalized spacial score (nSPS) is 17.0. The highest BCUT2D eigenvalue weighted by Crippen LogP contribution is 2.16. The van der Waals surface area contributed by atoms with E-state index in [-0.39, 0.29) is 17.9 Å². The molecule has 5 heteroatoms. The topological polar surface area (TPSA) is 58.6 Å². The molecule has 1 aliphatic rings. The molecule has 136 valence electrons. The Hall–Kier alpha value is -2.66. The van der Waals surface area contributed by atoms with Gasteiger partial charge >= 0.3 is 0 Å². The molecule has 0 aromatic heterocycles. The number of carbonyl (C=O) groups excluding carboxylic acids is 2. The number of hydrogen-bond acceptors (Lipinski definition) is 3. The number of hydrogen-bond donors (Lipinski definition) is 1. The van der Waals surface area contributed by atoms with Gasteiger partial charge in [0.05, 0.1) is 25.7 Å². The SMILES string of the molecule is Cc1ccc(CC(=O)Nc2cccc(C(=O)N3CCOCC3C)c2)cc1. The quantitative estimate of drug-likeness (QED) is 0.920. The lowest BCUT2D eigenvalue weighted by atomic mass is 10.1. The van der Waals surface area contributed by atoms with Crippen molar-refractivity contribution in [1.82, 2.24) is 4.90 Å². The molecule has 1 heterocycles. The van der Waals surface area contributed by atoms with Gasteiger partial charge in [-0.15, -0.1) is 0 Å². The third-order valence-corrected chi connectivity index (χ3v) is 4.51. The van der Waals surface area contributed by atoms with Crippen LogP contribution in [0, 0.1) is 6.92 Å². The minimum atomic E-state index is -0.0989. The fourth-order valence-electron chi connectivity index (χ4n) is 3.02. The van der Waals surface area contributed by atoms with Crippen LogP contribution in [0.2, 0.25) is 0 Å². The Kier molecular flexibility index (Phi) is 5.68. The van der Waals surface area contributed by atoms with Crippen LogP contribution >= 0.6 is 0 Å². The van der Waals surface area contributed by atoms with E-state index in [0.717, 1.165) is 11.1 Å². The van der Waals surface area contributed by atoms with Gasteiger partial charge in [0.15, 0.2) is 0 Å². The maximum atomic E-state index is 12.7. The van der Waals surface area contributed by atoms with Crippen molar-refractivity contribution in [2.75, 3.05) is 25.1 Å². The van der Waals surface area contributed by atoms with Gasteiger partial charge in [0, 0.05) is 17.8 Å². The van der Waals surface area contributed by atoms with E-state index in [1.807, 2.05) is 43.0 Å². The van der Waals surface area contributed by atoms with E-state index >= 15 is 0 Å². The lowest BCUT2D eigenvalue weighted by Gasteiger charge is -2.33. The van der Waals surface area contributed by atoms with E-state index in [4.69, 9.17) is 4.74 Å². The highest BCUT2D eigenvalue weighted by molar-refractivity contribution is 5.97. The molecule has 0 bridgehead atoms. The minimum Gasteiger partial charge on any atom is -0.377 e. The minimum absolute atomic E-state index is 0.0320. The first-order valence-corrected chi connectivity index (χ1v) is 8.87. The van der Waals surface area contributed by atoms with E-state index in [2.05, 4.69) is 5.32 Å². The summed E-state index contributed by atoms with van der Waals surface area (Å²) in [6.07, 6.45) is 0.305. The predicted octanol–water partition coefficient (Wildman–Crippen LogP) is 3.04. The number of ether oxygens (including phenoxy) is 1. The fraction of sp³-hybridized carbons (Fsp3) is 0.333. The Bertz CT molecular complexity index is 786. The van der Waals surface area contributed by atoms with Crippen LogP contribution in [0.4, 0.5) is 5.69 Å². The zero-order valence-corrected chi connectivity index (χ0v) is 15.2. The second-order valence-corrected chi connectivity index (χ2v) is 6.71. The number of benzene rings is 2. The molecule has 0 aliphatic carbocycles. The van der Waals surface area contributed by atoms with Gasteiger partial charge in [0.2, 0.25) is 5.91 Å². The first kappa shape index (κ1) is 18.1. The zero-order chi connectivity index (χ0) is 18.5. The van der Waals surface area contributed by atoms with Crippen molar-refractivity contribution >= 4 is 17.5 Å². The number of carbonyl (C=O) groups is 2. The number of nitrogens with zero attached hydrogens (tertiary/aromatic N) is 1. The first-order valence-electron chi connectivity index (χ1n) is 8.87. The Labute approximate surface area is 154 Å². The number of nitrogens with one attached hydrogen (secondary N) is 1. The fourth-order valence-corrected chi connectivity index (χ4v) is 3.02. The number of anilines is 1. The van der Waals surface area contributed by atoms with Crippen molar-refractivity contribution in [2.24, 2.45) is 0 Å². The monoisotopic (exact) mass is 352 g/mol. The smallest absolute Gasteiger partial charge is 0.254 e. The average Bonchev–Trinajstić information content (AvgIpc) is 2.64. The number of rotatable bonds is 4. The van der Waals surface area contributed by atoms with Gasteiger partial charge in [-0.05, 0) is 37.6 Å². The second-order valence-electron chi connectivity index (χ2n) is 6.71. The van der Waals surface area contributed by atoms with Crippen molar-refractivity contribution in [3.8, 4) is 0 Å². The molecule has 0 spiro atoms. The maximum absolute atomic E-state index is 12.7. The van der Waals surface area contributed by atoms with E-state index < -0.39 is 0 Å². The van der Waals surface area contributed by atoms with Gasteiger partial charge in [-0.25, -0.2) is 0 Å². The summed E-state index contributed by atoms with van der Waals surface area (Å²) in [6, 6.07) is 15.0. The van der Waals surface area contributed by atoms with Crippen LogP contribution in [0.25, 0.3) is 0 Å². The van der Waals surface area contributed by atoms with Gasteiger partial charge < -0.3 is 15.0 Å². The third kappa shape index (κ3) is 4.49. The van der Waals surface area contributed by atoms with E-state index in [1.165, 1.54) is 0 Å². The van der Waals surface area contributed by atoms with Crippen LogP contribution in [0.1, 0.15) is 28.4 Å². The Morgan fingerprint density at radius 2 is 1.96 bits per heavy atom. The molecule has 26 heavy (non-hydrogen) atoms. The Morgan fingerprint density at radius 3 is 2.69 bits per heavy atom. The lowest BCUT2D eigenvalue weighted by Crippen LogP contribution is -2.47. The summed E-state index contributed by atoms with van der Waals surface area (Å²) in [7, 11) is 0. The summed E-state index contributed by atoms with van der Waals surface area (Å²) in [6.45, 7) is 5.69. The van der Waals surface area contributed by atoms with Crippen molar-refractivity contribution in [3.63, 3.8) is 0 Å². The number of amides is 2. The molecule has 1 aliphatic heterocycles. The molecule has 0 saturated carbocycles. The van der Waals surface area contributed by atoms with Gasteiger partial charge in [-0.3, -0.25) is 9.59 Å². The van der Waals surface area contributed by atoms with Crippen LogP contribution in [-0.4, -0.2) is 42.5 Å². The highest BCUT2D eigenvalue weighted by atomic mass is 16.5. The van der Waals surface area contributed by atoms with Crippen molar-refractivity contribution in [1.29, 1.82) is 0 Å². The average molecular weight is 352 g/mol. The zero-order valence-electron chi connectivity index (χ0n) is 15.2. The van der Waals surface area contributed by atoms with Gasteiger partial charge in [0.25, 0.3) is 5.91 Å². The molecular weight excluding hydrogens is 328 g/mol. The molecule has 1 atom stereocenters. The summed E-state index contributed by atoms with van der Waals surface area (Å²) in [5.74, 6) is -0.131. The Balaban J connectivity index is 1.65. The van der Waals surface area contributed by atoms with E-state index in [9.17, 15) is 9.59 Å². The number of aryl methyl sites for hydroxylation is 1. The van der Waals surface area contributed by atoms with Crippen LogP contribution in [-0.2, 0) is 16.0 Å². The van der Waals surface area contributed by atoms with Crippen LogP contribution < -0.4 is 5.32 Å². The van der Waals surface area contributed by atoms with Crippen molar-refractivity contribution in [2.45, 2.75) is 26.3 Å². The van der Waals surface area contributed by atoms with E-state index in [1.54, 1.807) is 24.3 Å². The summed E-state index contributed by atoms with van der Waals surface area (Å²) in [4.78, 5) is 26.8. The molecule has 2 amide bonds. The van der Waals surface area contributed by atoms with Gasteiger partial charge in [-0.1, -0.05) is 35.9 Å². The molecule has 1 N–H and O–H groups in total. The Morgan fingerprint density at radius 1 is 1.19 bits per heavy atom. The van der Waals surface area contributed by atoms with E-state index in [0.29, 0.717) is 37.4 Å². The summed E-state index contributed by atoms with van der Waals surface area (Å²) in [5, 5.41) is 2.88. The molecule has 1 unspecified atom stereocenters. The number of morpholine rings is 1. The summed E-state index contributed by atoms with van der Waals surface area (Å²) < 4.78 is 5.39. The van der Waals surface area contributed by atoms with Crippen LogP contribution in [0.5, 0.6) is 0 Å². The standard InChI is InChI=1S/C21H24N2O3/c1-15-6-8-17(9-7-15)12-20(24)22-19-5-3-4-18(13-19)21(25)23-10-11-26-14-16(23)2/h3-9,13,16H,10-12,14H2,1-2H3,(H,22,24). The van der Waals surface area contributed by atoms with Crippen LogP contribution in [0.3, 0.4) is 0 Å². The highest BCUT2D eigenvalue weighted by Gasteiger charge is 2.24. The maximum Gasteiger partial charge on any atom is 0.254 e. The molecular formula is C21H24N2O3. The molecule has 0 radical (unpaired) electrons. The lowest BCUT2D eigenvalue weighted by molar-refractivity contribution is -0.115. The third-order valence-electron chi connectivity index (χ3n) is 4.51.